The minimum Gasteiger partial charge on any atom is -0.330 e. The fraction of sp³-hybridized carbons (Fsp3) is 0.161. The first-order chi connectivity index (χ1) is 17.7. The van der Waals surface area contributed by atoms with E-state index in [-0.39, 0.29) is 24.0 Å². The molecule has 4 aromatic carbocycles. The molecule has 180 valence electrons. The summed E-state index contributed by atoms with van der Waals surface area (Å²) in [4.78, 5) is 28.5. The summed E-state index contributed by atoms with van der Waals surface area (Å²) in [5.41, 5.74) is 4.06. The number of hydrogen-bond donors (Lipinski definition) is 2. The topological polar surface area (TPSA) is 61.4 Å². The molecule has 1 heterocycles. The second-order valence-corrected chi connectivity index (χ2v) is 8.97. The number of rotatable bonds is 7. The molecule has 0 radical (unpaired) electrons. The maximum absolute atomic E-state index is 13.5. The highest BCUT2D eigenvalue weighted by Gasteiger charge is 2.38. The van der Waals surface area contributed by atoms with E-state index in [0.29, 0.717) is 13.0 Å². The van der Waals surface area contributed by atoms with Crippen molar-refractivity contribution in [3.05, 3.63) is 144 Å². The summed E-state index contributed by atoms with van der Waals surface area (Å²) in [7, 11) is 0. The van der Waals surface area contributed by atoms with Crippen LogP contribution in [0, 0.1) is 0 Å². The van der Waals surface area contributed by atoms with E-state index in [1.807, 2.05) is 126 Å². The van der Waals surface area contributed by atoms with Gasteiger partial charge in [-0.2, -0.15) is 0 Å². The Balaban J connectivity index is 1.33. The van der Waals surface area contributed by atoms with E-state index in [9.17, 15) is 9.59 Å². The number of hydrogen-bond acceptors (Lipinski definition) is 2. The molecule has 2 N–H and O–H groups in total. The van der Waals surface area contributed by atoms with Crippen molar-refractivity contribution in [2.24, 2.45) is 0 Å². The lowest BCUT2D eigenvalue weighted by molar-refractivity contribution is -0.130. The van der Waals surface area contributed by atoms with E-state index in [0.717, 1.165) is 22.3 Å². The molecule has 36 heavy (non-hydrogen) atoms. The van der Waals surface area contributed by atoms with Gasteiger partial charge < -0.3 is 15.5 Å². The number of nitrogens with zero attached hydrogens (tertiary/aromatic N) is 1. The van der Waals surface area contributed by atoms with Crippen LogP contribution in [0.4, 0.5) is 4.79 Å². The zero-order valence-electron chi connectivity index (χ0n) is 20.0. The molecule has 5 nitrogen and oxygen atoms in total. The Morgan fingerprint density at radius 2 is 1.08 bits per heavy atom. The van der Waals surface area contributed by atoms with E-state index < -0.39 is 6.04 Å². The molecular weight excluding hydrogens is 446 g/mol. The van der Waals surface area contributed by atoms with Crippen molar-refractivity contribution in [1.82, 2.24) is 15.5 Å². The summed E-state index contributed by atoms with van der Waals surface area (Å²) < 4.78 is 0. The lowest BCUT2D eigenvalue weighted by Crippen LogP contribution is -2.47. The van der Waals surface area contributed by atoms with Crippen LogP contribution in [0.2, 0.25) is 0 Å². The molecule has 1 aliphatic heterocycles. The van der Waals surface area contributed by atoms with Crippen molar-refractivity contribution in [3.8, 4) is 0 Å². The van der Waals surface area contributed by atoms with Crippen LogP contribution in [0.3, 0.4) is 0 Å². The van der Waals surface area contributed by atoms with Gasteiger partial charge in [0.05, 0.1) is 12.1 Å². The van der Waals surface area contributed by atoms with Crippen LogP contribution < -0.4 is 10.6 Å². The second-order valence-electron chi connectivity index (χ2n) is 8.97. The molecule has 3 amide bonds. The molecule has 0 aromatic heterocycles. The molecule has 1 saturated heterocycles. The predicted molar refractivity (Wildman–Crippen MR) is 141 cm³/mol. The Hall–Kier alpha value is -4.38. The first kappa shape index (κ1) is 23.4. The number of carbonyl (C=O) groups excluding carboxylic acids is 2. The minimum absolute atomic E-state index is 0.0705. The molecule has 0 bridgehead atoms. The van der Waals surface area contributed by atoms with Gasteiger partial charge in [-0.15, -0.1) is 0 Å². The summed E-state index contributed by atoms with van der Waals surface area (Å²) in [6, 6.07) is 38.3. The summed E-state index contributed by atoms with van der Waals surface area (Å²) in [5, 5.41) is 6.03. The maximum Gasteiger partial charge on any atom is 0.316 e. The standard InChI is InChI=1S/C31H29N3O2/c35-30-27(21-22-34(30)29(25-17-9-3-10-18-25)26-19-11-4-12-20-26)32-31(36)33-28(23-13-5-1-6-14-23)24-15-7-2-8-16-24/h1-20,27-29H,21-22H2,(H2,32,33,36)/t27-/m0/s1. The van der Waals surface area contributed by atoms with Crippen molar-refractivity contribution < 1.29 is 9.59 Å². The quantitative estimate of drug-likeness (QED) is 0.373. The highest BCUT2D eigenvalue weighted by atomic mass is 16.2. The Morgan fingerprint density at radius 3 is 1.53 bits per heavy atom. The monoisotopic (exact) mass is 475 g/mol. The minimum atomic E-state index is -0.577. The molecule has 0 saturated carbocycles. The fourth-order valence-electron chi connectivity index (χ4n) is 4.90. The van der Waals surface area contributed by atoms with Crippen molar-refractivity contribution in [1.29, 1.82) is 0 Å². The third-order valence-electron chi connectivity index (χ3n) is 6.63. The molecule has 1 aliphatic rings. The number of amides is 3. The van der Waals surface area contributed by atoms with E-state index in [1.54, 1.807) is 0 Å². The SMILES string of the molecule is O=C(NC(c1ccccc1)c1ccccc1)N[C@H]1CCN(C(c2ccccc2)c2ccccc2)C1=O. The average Bonchev–Trinajstić information content (AvgIpc) is 3.29. The summed E-state index contributed by atoms with van der Waals surface area (Å²) in [5.74, 6) is -0.0705. The molecule has 0 unspecified atom stereocenters. The molecule has 0 aliphatic carbocycles. The Morgan fingerprint density at radius 1 is 0.667 bits per heavy atom. The van der Waals surface area contributed by atoms with Crippen molar-refractivity contribution in [3.63, 3.8) is 0 Å². The smallest absolute Gasteiger partial charge is 0.316 e. The molecule has 5 rings (SSSR count). The summed E-state index contributed by atoms with van der Waals surface area (Å²) in [6.07, 6.45) is 0.559. The predicted octanol–water partition coefficient (Wildman–Crippen LogP) is 5.47. The van der Waals surface area contributed by atoms with E-state index >= 15 is 0 Å². The van der Waals surface area contributed by atoms with Crippen LogP contribution in [0.5, 0.6) is 0 Å². The molecule has 0 spiro atoms. The Kier molecular flexibility index (Phi) is 7.08. The number of carbonyl (C=O) groups is 2. The van der Waals surface area contributed by atoms with Crippen LogP contribution in [0.25, 0.3) is 0 Å². The number of benzene rings is 4. The van der Waals surface area contributed by atoms with Gasteiger partial charge in [-0.25, -0.2) is 4.79 Å². The van der Waals surface area contributed by atoms with E-state index in [4.69, 9.17) is 0 Å². The Labute approximate surface area is 211 Å². The lowest BCUT2D eigenvalue weighted by atomic mass is 9.97. The van der Waals surface area contributed by atoms with Crippen molar-refractivity contribution >= 4 is 11.9 Å². The molecule has 1 fully saturated rings. The van der Waals surface area contributed by atoms with E-state index in [1.165, 1.54) is 0 Å². The van der Waals surface area contributed by atoms with Gasteiger partial charge in [0.1, 0.15) is 6.04 Å². The van der Waals surface area contributed by atoms with Gasteiger partial charge in [0.2, 0.25) is 5.91 Å². The lowest BCUT2D eigenvalue weighted by Gasteiger charge is -2.29. The van der Waals surface area contributed by atoms with Gasteiger partial charge in [0.15, 0.2) is 0 Å². The van der Waals surface area contributed by atoms with Gasteiger partial charge in [0.25, 0.3) is 0 Å². The average molecular weight is 476 g/mol. The van der Waals surface area contributed by atoms with Crippen LogP contribution in [-0.2, 0) is 4.79 Å². The second kappa shape index (κ2) is 10.9. The first-order valence-electron chi connectivity index (χ1n) is 12.3. The molecular formula is C31H29N3O2. The maximum atomic E-state index is 13.5. The fourth-order valence-corrected chi connectivity index (χ4v) is 4.90. The molecule has 5 heteroatoms. The van der Waals surface area contributed by atoms with Crippen LogP contribution in [0.1, 0.15) is 40.8 Å². The van der Waals surface area contributed by atoms with Crippen LogP contribution in [-0.4, -0.2) is 29.4 Å². The molecule has 1 atom stereocenters. The highest BCUT2D eigenvalue weighted by Crippen LogP contribution is 2.32. The normalized spacial score (nSPS) is 15.3. The number of likely N-dealkylation sites (tertiary alicyclic amines) is 1. The van der Waals surface area contributed by atoms with Crippen LogP contribution in [0.15, 0.2) is 121 Å². The van der Waals surface area contributed by atoms with Crippen molar-refractivity contribution in [2.45, 2.75) is 24.5 Å². The summed E-state index contributed by atoms with van der Waals surface area (Å²) >= 11 is 0. The third kappa shape index (κ3) is 5.15. The van der Waals surface area contributed by atoms with Gasteiger partial charge >= 0.3 is 6.03 Å². The van der Waals surface area contributed by atoms with Gasteiger partial charge in [-0.05, 0) is 28.7 Å². The largest absolute Gasteiger partial charge is 0.330 e. The Bertz CT molecular complexity index is 1200. The third-order valence-corrected chi connectivity index (χ3v) is 6.63. The summed E-state index contributed by atoms with van der Waals surface area (Å²) in [6.45, 7) is 0.568. The number of nitrogens with one attached hydrogen (secondary N) is 2. The van der Waals surface area contributed by atoms with E-state index in [2.05, 4.69) is 10.6 Å². The van der Waals surface area contributed by atoms with Gasteiger partial charge in [-0.3, -0.25) is 4.79 Å². The number of urea groups is 1. The zero-order chi connectivity index (χ0) is 24.7. The van der Waals surface area contributed by atoms with Gasteiger partial charge in [0, 0.05) is 6.54 Å². The van der Waals surface area contributed by atoms with Gasteiger partial charge in [-0.1, -0.05) is 121 Å². The van der Waals surface area contributed by atoms with Crippen LogP contribution >= 0.6 is 0 Å². The zero-order valence-corrected chi connectivity index (χ0v) is 20.0. The van der Waals surface area contributed by atoms with Crippen molar-refractivity contribution in [2.75, 3.05) is 6.54 Å². The first-order valence-corrected chi connectivity index (χ1v) is 12.3. The highest BCUT2D eigenvalue weighted by molar-refractivity contribution is 5.89. The molecule has 4 aromatic rings.